The zero-order valence-electron chi connectivity index (χ0n) is 12.8. The van der Waals surface area contributed by atoms with Crippen LogP contribution >= 0.6 is 35.0 Å². The second-order valence-corrected chi connectivity index (χ2v) is 8.31. The van der Waals surface area contributed by atoms with Crippen molar-refractivity contribution < 1.29 is 9.59 Å². The fourth-order valence-corrected chi connectivity index (χ4v) is 4.81. The quantitative estimate of drug-likeness (QED) is 0.747. The first kappa shape index (κ1) is 16.9. The number of carbonyl (C=O) groups excluding carboxylic acids is 2. The molecule has 2 aliphatic rings. The molecule has 1 aromatic rings. The lowest BCUT2D eigenvalue weighted by atomic mass is 10.0. The smallest absolute Gasteiger partial charge is 0.240 e. The van der Waals surface area contributed by atoms with Gasteiger partial charge in [0.1, 0.15) is 5.38 Å². The highest BCUT2D eigenvalue weighted by molar-refractivity contribution is 8.02. The van der Waals surface area contributed by atoms with Crippen molar-refractivity contribution in [2.45, 2.75) is 30.0 Å². The molecule has 2 saturated heterocycles. The van der Waals surface area contributed by atoms with Gasteiger partial charge in [0.2, 0.25) is 11.8 Å². The summed E-state index contributed by atoms with van der Waals surface area (Å²) in [6.45, 7) is 2.95. The highest BCUT2D eigenvalue weighted by Gasteiger charge is 2.49. The number of halogens is 2. The molecule has 3 rings (SSSR count). The minimum absolute atomic E-state index is 0.0334. The number of alkyl halides is 1. The first-order chi connectivity index (χ1) is 10.9. The number of nitrogens with zero attached hydrogens (tertiary/aromatic N) is 2. The lowest BCUT2D eigenvalue weighted by Crippen LogP contribution is -2.54. The molecule has 0 aliphatic carbocycles. The Bertz CT molecular complexity index is 613. The summed E-state index contributed by atoms with van der Waals surface area (Å²) in [7, 11) is 0. The largest absolute Gasteiger partial charge is 0.341 e. The van der Waals surface area contributed by atoms with Crippen molar-refractivity contribution in [3.05, 3.63) is 29.3 Å². The summed E-state index contributed by atoms with van der Waals surface area (Å²) >= 11 is 13.5. The van der Waals surface area contributed by atoms with Gasteiger partial charge in [-0.2, -0.15) is 0 Å². The molecule has 0 N–H and O–H groups in total. The van der Waals surface area contributed by atoms with Gasteiger partial charge in [0.25, 0.3) is 0 Å². The average molecular weight is 373 g/mol. The van der Waals surface area contributed by atoms with Crippen molar-refractivity contribution >= 4 is 52.5 Å². The van der Waals surface area contributed by atoms with E-state index in [4.69, 9.17) is 23.2 Å². The standard InChI is InChI=1S/C16H18Cl2N2O2S/c1-11(17)15(22)19-8-6-16(7-9-19)20(14(21)10-23-16)13-4-2-12(18)3-5-13/h2-5,11H,6-10H2,1H3/t11-/m0/s1. The maximum atomic E-state index is 12.4. The van der Waals surface area contributed by atoms with Crippen LogP contribution < -0.4 is 4.90 Å². The SMILES string of the molecule is C[C@H](Cl)C(=O)N1CCC2(CC1)SCC(=O)N2c1ccc(Cl)cc1. The van der Waals surface area contributed by atoms with Gasteiger partial charge in [-0.1, -0.05) is 11.6 Å². The Hall–Kier alpha value is -0.910. The zero-order valence-corrected chi connectivity index (χ0v) is 15.1. The van der Waals surface area contributed by atoms with Crippen molar-refractivity contribution in [3.63, 3.8) is 0 Å². The van der Waals surface area contributed by atoms with E-state index in [0.29, 0.717) is 23.9 Å². The Kier molecular flexibility index (Phi) is 4.81. The van der Waals surface area contributed by atoms with E-state index in [2.05, 4.69) is 0 Å². The Morgan fingerprint density at radius 3 is 2.43 bits per heavy atom. The number of rotatable bonds is 2. The number of hydrogen-bond donors (Lipinski definition) is 0. The molecule has 1 aromatic carbocycles. The Balaban J connectivity index is 1.80. The van der Waals surface area contributed by atoms with Crippen molar-refractivity contribution in [2.75, 3.05) is 23.7 Å². The van der Waals surface area contributed by atoms with Crippen LogP contribution in [-0.4, -0.2) is 45.8 Å². The summed E-state index contributed by atoms with van der Waals surface area (Å²) in [5.41, 5.74) is 0.870. The van der Waals surface area contributed by atoms with Gasteiger partial charge < -0.3 is 4.90 Å². The van der Waals surface area contributed by atoms with Crippen LogP contribution in [0.2, 0.25) is 5.02 Å². The van der Waals surface area contributed by atoms with Crippen LogP contribution in [-0.2, 0) is 9.59 Å². The minimum Gasteiger partial charge on any atom is -0.341 e. The molecule has 0 unspecified atom stereocenters. The molecule has 0 bridgehead atoms. The van der Waals surface area contributed by atoms with E-state index in [9.17, 15) is 9.59 Å². The maximum Gasteiger partial charge on any atom is 0.240 e. The topological polar surface area (TPSA) is 40.6 Å². The molecule has 2 fully saturated rings. The van der Waals surface area contributed by atoms with Crippen molar-refractivity contribution in [1.29, 1.82) is 0 Å². The first-order valence-corrected chi connectivity index (χ1v) is 9.38. The van der Waals surface area contributed by atoms with E-state index in [1.807, 2.05) is 17.0 Å². The fraction of sp³-hybridized carbons (Fsp3) is 0.500. The highest BCUT2D eigenvalue weighted by atomic mass is 35.5. The maximum absolute atomic E-state index is 12.4. The fourth-order valence-electron chi connectivity index (χ4n) is 3.22. The van der Waals surface area contributed by atoms with Crippen molar-refractivity contribution in [2.24, 2.45) is 0 Å². The third-order valence-corrected chi connectivity index (χ3v) is 6.36. The molecule has 7 heteroatoms. The second kappa shape index (κ2) is 6.54. The lowest BCUT2D eigenvalue weighted by Gasteiger charge is -2.44. The summed E-state index contributed by atoms with van der Waals surface area (Å²) in [6.07, 6.45) is 1.50. The van der Waals surface area contributed by atoms with E-state index >= 15 is 0 Å². The molecule has 124 valence electrons. The third kappa shape index (κ3) is 3.19. The number of likely N-dealkylation sites (tertiary alicyclic amines) is 1. The number of amides is 2. The number of anilines is 1. The van der Waals surface area contributed by atoms with Crippen molar-refractivity contribution in [3.8, 4) is 0 Å². The number of hydrogen-bond acceptors (Lipinski definition) is 3. The predicted octanol–water partition coefficient (Wildman–Crippen LogP) is 3.37. The number of thioether (sulfide) groups is 1. The molecule has 23 heavy (non-hydrogen) atoms. The second-order valence-electron chi connectivity index (χ2n) is 5.88. The summed E-state index contributed by atoms with van der Waals surface area (Å²) in [5.74, 6) is 0.555. The number of benzene rings is 1. The molecule has 4 nitrogen and oxygen atoms in total. The van der Waals surface area contributed by atoms with Crippen LogP contribution in [0, 0.1) is 0 Å². The summed E-state index contributed by atoms with van der Waals surface area (Å²) in [4.78, 5) is 27.9. The molecule has 2 aliphatic heterocycles. The number of carbonyl (C=O) groups is 2. The van der Waals surface area contributed by atoms with Crippen LogP contribution in [0.15, 0.2) is 24.3 Å². The molecular weight excluding hydrogens is 355 g/mol. The molecule has 2 amide bonds. The molecule has 0 aromatic heterocycles. The van der Waals surface area contributed by atoms with Crippen molar-refractivity contribution in [1.82, 2.24) is 4.90 Å². The lowest BCUT2D eigenvalue weighted by molar-refractivity contribution is -0.131. The highest BCUT2D eigenvalue weighted by Crippen LogP contribution is 2.46. The van der Waals surface area contributed by atoms with Gasteiger partial charge in [-0.05, 0) is 44.0 Å². The monoisotopic (exact) mass is 372 g/mol. The molecular formula is C16H18Cl2N2O2S. The van der Waals surface area contributed by atoms with E-state index in [1.54, 1.807) is 35.7 Å². The Morgan fingerprint density at radius 2 is 1.87 bits per heavy atom. The molecule has 1 spiro atoms. The van der Waals surface area contributed by atoms with Crippen LogP contribution in [0.25, 0.3) is 0 Å². The third-order valence-electron chi connectivity index (χ3n) is 4.40. The molecule has 2 heterocycles. The summed E-state index contributed by atoms with van der Waals surface area (Å²) in [5, 5.41) is 0.146. The van der Waals surface area contributed by atoms with Crippen LogP contribution in [0.4, 0.5) is 5.69 Å². The average Bonchev–Trinajstić information content (AvgIpc) is 2.85. The van der Waals surface area contributed by atoms with Crippen LogP contribution in [0.1, 0.15) is 19.8 Å². The Morgan fingerprint density at radius 1 is 1.26 bits per heavy atom. The minimum atomic E-state index is -0.505. The molecule has 1 atom stereocenters. The predicted molar refractivity (Wildman–Crippen MR) is 95.3 cm³/mol. The molecule has 0 saturated carbocycles. The molecule has 0 radical (unpaired) electrons. The first-order valence-electron chi connectivity index (χ1n) is 7.58. The van der Waals surface area contributed by atoms with Gasteiger partial charge >= 0.3 is 0 Å². The van der Waals surface area contributed by atoms with Gasteiger partial charge in [0.05, 0.1) is 10.6 Å². The van der Waals surface area contributed by atoms with Crippen LogP contribution in [0.3, 0.4) is 0 Å². The van der Waals surface area contributed by atoms with Gasteiger partial charge in [-0.15, -0.1) is 23.4 Å². The van der Waals surface area contributed by atoms with Crippen LogP contribution in [0.5, 0.6) is 0 Å². The summed E-state index contributed by atoms with van der Waals surface area (Å²) < 4.78 is 0. The van der Waals surface area contributed by atoms with E-state index in [0.717, 1.165) is 18.5 Å². The van der Waals surface area contributed by atoms with Gasteiger partial charge in [-0.25, -0.2) is 0 Å². The van der Waals surface area contributed by atoms with E-state index in [1.165, 1.54) is 0 Å². The Labute approximate surface area is 150 Å². The van der Waals surface area contributed by atoms with E-state index < -0.39 is 5.38 Å². The normalized spacial score (nSPS) is 21.8. The summed E-state index contributed by atoms with van der Waals surface area (Å²) in [6, 6.07) is 7.36. The van der Waals surface area contributed by atoms with Gasteiger partial charge in [0.15, 0.2) is 0 Å². The van der Waals surface area contributed by atoms with Gasteiger partial charge in [-0.3, -0.25) is 14.5 Å². The van der Waals surface area contributed by atoms with E-state index in [-0.39, 0.29) is 16.7 Å². The zero-order chi connectivity index (χ0) is 16.6. The van der Waals surface area contributed by atoms with Gasteiger partial charge in [0, 0.05) is 23.8 Å². The number of piperidine rings is 1.